The Morgan fingerprint density at radius 3 is 2.88 bits per heavy atom. The fraction of sp³-hybridized carbons (Fsp3) is 0.421. The number of aryl methyl sites for hydroxylation is 1. The molecule has 1 unspecified atom stereocenters. The van der Waals surface area contributed by atoms with Gasteiger partial charge in [-0.25, -0.2) is 4.98 Å². The van der Waals surface area contributed by atoms with E-state index in [2.05, 4.69) is 4.98 Å². The van der Waals surface area contributed by atoms with E-state index in [9.17, 15) is 9.59 Å². The SMILES string of the molecule is CCOC(=O)C1CCCN(C(=O)c2sc(-c3ccccc3Cl)nc2C)C1. The minimum Gasteiger partial charge on any atom is -0.466 e. The molecule has 5 nitrogen and oxygen atoms in total. The number of ether oxygens (including phenoxy) is 1. The Morgan fingerprint density at radius 1 is 1.38 bits per heavy atom. The van der Waals surface area contributed by atoms with E-state index in [-0.39, 0.29) is 17.8 Å². The Bertz CT molecular complexity index is 821. The largest absolute Gasteiger partial charge is 0.466 e. The van der Waals surface area contributed by atoms with Crippen molar-refractivity contribution in [2.24, 2.45) is 5.92 Å². The molecule has 138 valence electrons. The zero-order valence-electron chi connectivity index (χ0n) is 14.8. The van der Waals surface area contributed by atoms with E-state index < -0.39 is 0 Å². The van der Waals surface area contributed by atoms with Gasteiger partial charge in [-0.05, 0) is 32.8 Å². The summed E-state index contributed by atoms with van der Waals surface area (Å²) in [6.07, 6.45) is 1.56. The molecular formula is C19H21ClN2O3S. The molecule has 0 bridgehead atoms. The highest BCUT2D eigenvalue weighted by Gasteiger charge is 2.31. The number of hydrogen-bond acceptors (Lipinski definition) is 5. The van der Waals surface area contributed by atoms with Gasteiger partial charge in [0.2, 0.25) is 0 Å². The highest BCUT2D eigenvalue weighted by molar-refractivity contribution is 7.17. The van der Waals surface area contributed by atoms with E-state index in [1.807, 2.05) is 31.2 Å². The Hall–Kier alpha value is -1.92. The number of carbonyl (C=O) groups is 2. The summed E-state index contributed by atoms with van der Waals surface area (Å²) in [6, 6.07) is 7.46. The summed E-state index contributed by atoms with van der Waals surface area (Å²) in [7, 11) is 0. The molecule has 2 aromatic rings. The molecule has 1 amide bonds. The predicted octanol–water partition coefficient (Wildman–Crippen LogP) is 4.19. The third-order valence-corrected chi connectivity index (χ3v) is 5.93. The van der Waals surface area contributed by atoms with Crippen LogP contribution in [0.25, 0.3) is 10.6 Å². The molecule has 3 rings (SSSR count). The second-order valence-corrected chi connectivity index (χ2v) is 7.66. The van der Waals surface area contributed by atoms with Crippen LogP contribution in [0.5, 0.6) is 0 Å². The van der Waals surface area contributed by atoms with Crippen molar-refractivity contribution >= 4 is 34.8 Å². The molecule has 1 saturated heterocycles. The second kappa shape index (κ2) is 8.18. The van der Waals surface area contributed by atoms with Crippen molar-refractivity contribution < 1.29 is 14.3 Å². The molecule has 1 aliphatic rings. The fourth-order valence-corrected chi connectivity index (χ4v) is 4.46. The van der Waals surface area contributed by atoms with E-state index in [0.29, 0.717) is 35.3 Å². The number of likely N-dealkylation sites (tertiary alicyclic amines) is 1. The number of amides is 1. The Kier molecular flexibility index (Phi) is 5.94. The minimum atomic E-state index is -0.246. The monoisotopic (exact) mass is 392 g/mol. The van der Waals surface area contributed by atoms with Crippen LogP contribution < -0.4 is 0 Å². The number of hydrogen-bond donors (Lipinski definition) is 0. The van der Waals surface area contributed by atoms with Crippen molar-refractivity contribution in [2.75, 3.05) is 19.7 Å². The van der Waals surface area contributed by atoms with Gasteiger partial charge in [-0.2, -0.15) is 0 Å². The van der Waals surface area contributed by atoms with Crippen molar-refractivity contribution in [2.45, 2.75) is 26.7 Å². The lowest BCUT2D eigenvalue weighted by molar-refractivity contribution is -0.149. The number of nitrogens with zero attached hydrogens (tertiary/aromatic N) is 2. The predicted molar refractivity (Wildman–Crippen MR) is 103 cm³/mol. The highest BCUT2D eigenvalue weighted by Crippen LogP contribution is 2.33. The average Bonchev–Trinajstić information content (AvgIpc) is 3.03. The van der Waals surface area contributed by atoms with Crippen LogP contribution in [0.3, 0.4) is 0 Å². The summed E-state index contributed by atoms with van der Waals surface area (Å²) in [5, 5.41) is 1.34. The summed E-state index contributed by atoms with van der Waals surface area (Å²) in [4.78, 5) is 31.9. The summed E-state index contributed by atoms with van der Waals surface area (Å²) in [5.74, 6) is -0.543. The molecule has 7 heteroatoms. The normalized spacial score (nSPS) is 17.2. The van der Waals surface area contributed by atoms with Crippen LogP contribution in [-0.2, 0) is 9.53 Å². The highest BCUT2D eigenvalue weighted by atomic mass is 35.5. The van der Waals surface area contributed by atoms with E-state index in [1.54, 1.807) is 11.8 Å². The molecule has 0 saturated carbocycles. The summed E-state index contributed by atoms with van der Waals surface area (Å²) >= 11 is 7.60. The van der Waals surface area contributed by atoms with Gasteiger partial charge in [-0.1, -0.05) is 29.8 Å². The van der Waals surface area contributed by atoms with Gasteiger partial charge in [-0.15, -0.1) is 11.3 Å². The number of halogens is 1. The molecule has 26 heavy (non-hydrogen) atoms. The lowest BCUT2D eigenvalue weighted by Gasteiger charge is -2.31. The van der Waals surface area contributed by atoms with Crippen molar-refractivity contribution in [1.82, 2.24) is 9.88 Å². The van der Waals surface area contributed by atoms with Gasteiger partial charge >= 0.3 is 5.97 Å². The summed E-state index contributed by atoms with van der Waals surface area (Å²) < 4.78 is 5.11. The molecule has 0 spiro atoms. The lowest BCUT2D eigenvalue weighted by atomic mass is 9.98. The van der Waals surface area contributed by atoms with E-state index in [1.165, 1.54) is 11.3 Å². The number of benzene rings is 1. The van der Waals surface area contributed by atoms with Crippen LogP contribution in [0.15, 0.2) is 24.3 Å². The first-order valence-corrected chi connectivity index (χ1v) is 9.89. The first-order chi connectivity index (χ1) is 12.5. The van der Waals surface area contributed by atoms with Gasteiger partial charge in [0.25, 0.3) is 5.91 Å². The van der Waals surface area contributed by atoms with Gasteiger partial charge in [0, 0.05) is 18.7 Å². The van der Waals surface area contributed by atoms with Crippen molar-refractivity contribution in [3.8, 4) is 10.6 Å². The quantitative estimate of drug-likeness (QED) is 0.732. The van der Waals surface area contributed by atoms with Gasteiger partial charge in [0.15, 0.2) is 0 Å². The summed E-state index contributed by atoms with van der Waals surface area (Å²) in [6.45, 7) is 5.03. The van der Waals surface area contributed by atoms with Crippen LogP contribution in [0.2, 0.25) is 5.02 Å². The van der Waals surface area contributed by atoms with Gasteiger partial charge in [0.1, 0.15) is 9.88 Å². The molecule has 2 heterocycles. The summed E-state index contributed by atoms with van der Waals surface area (Å²) in [5.41, 5.74) is 1.51. The Morgan fingerprint density at radius 2 is 2.15 bits per heavy atom. The van der Waals surface area contributed by atoms with Gasteiger partial charge in [-0.3, -0.25) is 9.59 Å². The number of thiazole rings is 1. The van der Waals surface area contributed by atoms with Crippen molar-refractivity contribution in [1.29, 1.82) is 0 Å². The molecule has 1 atom stereocenters. The number of carbonyl (C=O) groups excluding carboxylic acids is 2. The Labute approximate surface area is 161 Å². The molecule has 0 radical (unpaired) electrons. The van der Waals surface area contributed by atoms with E-state index in [4.69, 9.17) is 16.3 Å². The van der Waals surface area contributed by atoms with Crippen molar-refractivity contribution in [3.05, 3.63) is 39.9 Å². The van der Waals surface area contributed by atoms with Gasteiger partial charge in [0.05, 0.1) is 23.2 Å². The van der Waals surface area contributed by atoms with E-state index in [0.717, 1.165) is 23.4 Å². The number of aromatic nitrogens is 1. The minimum absolute atomic E-state index is 0.0766. The second-order valence-electron chi connectivity index (χ2n) is 6.26. The smallest absolute Gasteiger partial charge is 0.310 e. The maximum absolute atomic E-state index is 13.0. The van der Waals surface area contributed by atoms with Crippen LogP contribution in [-0.4, -0.2) is 41.5 Å². The zero-order valence-corrected chi connectivity index (χ0v) is 16.4. The number of esters is 1. The number of piperidine rings is 1. The first kappa shape index (κ1) is 18.9. The van der Waals surface area contributed by atoms with Gasteiger partial charge < -0.3 is 9.64 Å². The lowest BCUT2D eigenvalue weighted by Crippen LogP contribution is -2.42. The third-order valence-electron chi connectivity index (χ3n) is 4.42. The fourth-order valence-electron chi connectivity index (χ4n) is 3.10. The maximum Gasteiger partial charge on any atom is 0.310 e. The third kappa shape index (κ3) is 3.91. The molecule has 1 aliphatic heterocycles. The maximum atomic E-state index is 13.0. The molecule has 1 aromatic carbocycles. The van der Waals surface area contributed by atoms with Crippen LogP contribution in [0.4, 0.5) is 0 Å². The van der Waals surface area contributed by atoms with Crippen LogP contribution in [0.1, 0.15) is 35.1 Å². The molecular weight excluding hydrogens is 372 g/mol. The average molecular weight is 393 g/mol. The standard InChI is InChI=1S/C19H21ClN2O3S/c1-3-25-19(24)13-7-6-10-22(11-13)18(23)16-12(2)21-17(26-16)14-8-4-5-9-15(14)20/h4-5,8-9,13H,3,6-7,10-11H2,1-2H3. The van der Waals surface area contributed by atoms with E-state index >= 15 is 0 Å². The topological polar surface area (TPSA) is 59.5 Å². The Balaban J connectivity index is 1.80. The molecule has 0 N–H and O–H groups in total. The zero-order chi connectivity index (χ0) is 18.7. The molecule has 1 fully saturated rings. The molecule has 0 aliphatic carbocycles. The van der Waals surface area contributed by atoms with Crippen LogP contribution in [0, 0.1) is 12.8 Å². The first-order valence-electron chi connectivity index (χ1n) is 8.69. The molecule has 1 aromatic heterocycles. The number of rotatable bonds is 4. The van der Waals surface area contributed by atoms with Crippen molar-refractivity contribution in [3.63, 3.8) is 0 Å². The van der Waals surface area contributed by atoms with Crippen LogP contribution >= 0.6 is 22.9 Å².